The maximum absolute atomic E-state index is 11.2. The summed E-state index contributed by atoms with van der Waals surface area (Å²) < 4.78 is 5.10. The van der Waals surface area contributed by atoms with E-state index in [1.165, 1.54) is 13.0 Å². The van der Waals surface area contributed by atoms with Crippen LogP contribution in [-0.4, -0.2) is 17.0 Å². The molecule has 2 rings (SSSR count). The zero-order valence-corrected chi connectivity index (χ0v) is 10.3. The number of carbonyl (C=O) groups excluding carboxylic acids is 1. The minimum atomic E-state index is -1.02. The third-order valence-electron chi connectivity index (χ3n) is 2.59. The highest BCUT2D eigenvalue weighted by Crippen LogP contribution is 2.32. The number of aromatic carboxylic acids is 1. The molecule has 0 saturated carbocycles. The first-order chi connectivity index (χ1) is 9.09. The maximum atomic E-state index is 11.2. The van der Waals surface area contributed by atoms with E-state index in [0.29, 0.717) is 16.9 Å². The number of hydrogen-bond acceptors (Lipinski definition) is 3. The second kappa shape index (κ2) is 5.35. The van der Waals surface area contributed by atoms with Gasteiger partial charge in [-0.05, 0) is 17.7 Å². The minimum absolute atomic E-state index is 0.169. The predicted molar refractivity (Wildman–Crippen MR) is 70.1 cm³/mol. The van der Waals surface area contributed by atoms with Crippen molar-refractivity contribution in [2.24, 2.45) is 0 Å². The van der Waals surface area contributed by atoms with Crippen LogP contribution in [-0.2, 0) is 4.79 Å². The molecule has 0 atom stereocenters. The third kappa shape index (κ3) is 2.80. The van der Waals surface area contributed by atoms with Crippen LogP contribution in [0.3, 0.4) is 0 Å². The molecule has 0 amide bonds. The van der Waals surface area contributed by atoms with Crippen molar-refractivity contribution in [3.8, 4) is 16.9 Å². The summed E-state index contributed by atoms with van der Waals surface area (Å²) in [7, 11) is 0. The van der Waals surface area contributed by atoms with Gasteiger partial charge < -0.3 is 9.84 Å². The Kier molecular flexibility index (Phi) is 3.61. The SMILES string of the molecule is CC(=O)Oc1ccccc1-c1ccccc1C(=O)O. The lowest BCUT2D eigenvalue weighted by Gasteiger charge is -2.11. The van der Waals surface area contributed by atoms with Crippen LogP contribution in [0, 0.1) is 0 Å². The third-order valence-corrected chi connectivity index (χ3v) is 2.59. The van der Waals surface area contributed by atoms with E-state index in [1.807, 2.05) is 0 Å². The fourth-order valence-corrected chi connectivity index (χ4v) is 1.84. The van der Waals surface area contributed by atoms with Crippen LogP contribution in [0.1, 0.15) is 17.3 Å². The van der Waals surface area contributed by atoms with Crippen LogP contribution < -0.4 is 4.74 Å². The monoisotopic (exact) mass is 256 g/mol. The van der Waals surface area contributed by atoms with Crippen LogP contribution in [0.15, 0.2) is 48.5 Å². The highest BCUT2D eigenvalue weighted by molar-refractivity contribution is 5.97. The average molecular weight is 256 g/mol. The second-order valence-corrected chi connectivity index (χ2v) is 3.94. The van der Waals surface area contributed by atoms with Gasteiger partial charge in [0.1, 0.15) is 5.75 Å². The van der Waals surface area contributed by atoms with Crippen molar-refractivity contribution >= 4 is 11.9 Å². The molecule has 0 aliphatic rings. The van der Waals surface area contributed by atoms with Crippen molar-refractivity contribution in [2.45, 2.75) is 6.92 Å². The maximum Gasteiger partial charge on any atom is 0.336 e. The Labute approximate surface area is 110 Å². The summed E-state index contributed by atoms with van der Waals surface area (Å²) in [6.45, 7) is 1.31. The lowest BCUT2D eigenvalue weighted by Crippen LogP contribution is -2.04. The molecule has 0 radical (unpaired) electrons. The number of carboxylic acids is 1. The second-order valence-electron chi connectivity index (χ2n) is 3.94. The normalized spacial score (nSPS) is 9.95. The van der Waals surface area contributed by atoms with Crippen LogP contribution in [0.25, 0.3) is 11.1 Å². The molecule has 1 N–H and O–H groups in total. The number of hydrogen-bond donors (Lipinski definition) is 1. The summed E-state index contributed by atoms with van der Waals surface area (Å²) in [6.07, 6.45) is 0. The van der Waals surface area contributed by atoms with Gasteiger partial charge in [-0.15, -0.1) is 0 Å². The molecule has 4 heteroatoms. The number of para-hydroxylation sites is 1. The van der Waals surface area contributed by atoms with Gasteiger partial charge in [0.15, 0.2) is 0 Å². The number of ether oxygens (including phenoxy) is 1. The van der Waals surface area contributed by atoms with Crippen molar-refractivity contribution in [3.63, 3.8) is 0 Å². The van der Waals surface area contributed by atoms with Crippen molar-refractivity contribution in [1.82, 2.24) is 0 Å². The van der Waals surface area contributed by atoms with Gasteiger partial charge in [0.2, 0.25) is 0 Å². The van der Waals surface area contributed by atoms with Crippen LogP contribution in [0.4, 0.5) is 0 Å². The number of benzene rings is 2. The molecule has 2 aromatic rings. The Bertz CT molecular complexity index is 632. The summed E-state index contributed by atoms with van der Waals surface area (Å²) in [4.78, 5) is 22.3. The van der Waals surface area contributed by atoms with E-state index < -0.39 is 11.9 Å². The number of carbonyl (C=O) groups is 2. The smallest absolute Gasteiger partial charge is 0.336 e. The van der Waals surface area contributed by atoms with Crippen molar-refractivity contribution in [2.75, 3.05) is 0 Å². The van der Waals surface area contributed by atoms with Crippen LogP contribution in [0.5, 0.6) is 5.75 Å². The van der Waals surface area contributed by atoms with Crippen molar-refractivity contribution in [1.29, 1.82) is 0 Å². The van der Waals surface area contributed by atoms with Crippen molar-refractivity contribution < 1.29 is 19.4 Å². The zero-order valence-electron chi connectivity index (χ0n) is 10.3. The lowest BCUT2D eigenvalue weighted by atomic mass is 9.99. The van der Waals surface area contributed by atoms with Crippen LogP contribution in [0.2, 0.25) is 0 Å². The Morgan fingerprint density at radius 1 is 0.947 bits per heavy atom. The highest BCUT2D eigenvalue weighted by atomic mass is 16.5. The van der Waals surface area contributed by atoms with Gasteiger partial charge in [0, 0.05) is 12.5 Å². The van der Waals surface area contributed by atoms with Crippen molar-refractivity contribution in [3.05, 3.63) is 54.1 Å². The molecule has 0 heterocycles. The molecule has 96 valence electrons. The Morgan fingerprint density at radius 2 is 1.53 bits per heavy atom. The summed E-state index contributed by atoms with van der Waals surface area (Å²) >= 11 is 0. The minimum Gasteiger partial charge on any atom is -0.478 e. The molecule has 0 aromatic heterocycles. The molecule has 0 bridgehead atoms. The van der Waals surface area contributed by atoms with Gasteiger partial charge in [-0.25, -0.2) is 4.79 Å². The molecular formula is C15H12O4. The Morgan fingerprint density at radius 3 is 2.16 bits per heavy atom. The number of esters is 1. The van der Waals surface area contributed by atoms with Gasteiger partial charge >= 0.3 is 11.9 Å². The first-order valence-electron chi connectivity index (χ1n) is 5.69. The molecule has 0 aliphatic heterocycles. The van der Waals surface area contributed by atoms with Gasteiger partial charge in [0.05, 0.1) is 5.56 Å². The number of rotatable bonds is 3. The fourth-order valence-electron chi connectivity index (χ4n) is 1.84. The summed E-state index contributed by atoms with van der Waals surface area (Å²) in [5.41, 5.74) is 1.27. The Hall–Kier alpha value is -2.62. The van der Waals surface area contributed by atoms with Gasteiger partial charge in [-0.1, -0.05) is 36.4 Å². The van der Waals surface area contributed by atoms with Gasteiger partial charge in [0.25, 0.3) is 0 Å². The van der Waals surface area contributed by atoms with Gasteiger partial charge in [-0.3, -0.25) is 4.79 Å². The van der Waals surface area contributed by atoms with E-state index in [2.05, 4.69) is 0 Å². The average Bonchev–Trinajstić information content (AvgIpc) is 2.38. The highest BCUT2D eigenvalue weighted by Gasteiger charge is 2.14. The molecule has 0 spiro atoms. The predicted octanol–water partition coefficient (Wildman–Crippen LogP) is 2.98. The molecular weight excluding hydrogens is 244 g/mol. The largest absolute Gasteiger partial charge is 0.478 e. The molecule has 4 nitrogen and oxygen atoms in total. The lowest BCUT2D eigenvalue weighted by molar-refractivity contribution is -0.131. The number of carboxylic acid groups (broad SMARTS) is 1. The Balaban J connectivity index is 2.59. The summed E-state index contributed by atoms with van der Waals surface area (Å²) in [5, 5.41) is 9.19. The fraction of sp³-hybridized carbons (Fsp3) is 0.0667. The van der Waals surface area contributed by atoms with E-state index in [0.717, 1.165) is 0 Å². The topological polar surface area (TPSA) is 63.6 Å². The molecule has 19 heavy (non-hydrogen) atoms. The van der Waals surface area contributed by atoms with E-state index in [4.69, 9.17) is 4.74 Å². The summed E-state index contributed by atoms with van der Waals surface area (Å²) in [6, 6.07) is 13.4. The van der Waals surface area contributed by atoms with E-state index in [9.17, 15) is 14.7 Å². The zero-order chi connectivity index (χ0) is 13.8. The molecule has 0 aliphatic carbocycles. The summed E-state index contributed by atoms with van der Waals surface area (Å²) in [5.74, 6) is -1.11. The van der Waals surface area contributed by atoms with Gasteiger partial charge in [-0.2, -0.15) is 0 Å². The van der Waals surface area contributed by atoms with Crippen LogP contribution >= 0.6 is 0 Å². The van der Waals surface area contributed by atoms with E-state index in [1.54, 1.807) is 42.5 Å². The quantitative estimate of drug-likeness (QED) is 0.677. The van der Waals surface area contributed by atoms with E-state index >= 15 is 0 Å². The first kappa shape index (κ1) is 12.8. The first-order valence-corrected chi connectivity index (χ1v) is 5.69. The van der Waals surface area contributed by atoms with E-state index in [-0.39, 0.29) is 5.56 Å². The molecule has 2 aromatic carbocycles. The molecule has 0 saturated heterocycles. The standard InChI is InChI=1S/C15H12O4/c1-10(16)19-14-9-5-4-7-12(14)11-6-2-3-8-13(11)15(17)18/h2-9H,1H3,(H,17,18). The molecule has 0 fully saturated rings. The molecule has 0 unspecified atom stereocenters.